The minimum Gasteiger partial charge on any atom is -0.480 e. The highest BCUT2D eigenvalue weighted by Gasteiger charge is 2.44. The zero-order valence-electron chi connectivity index (χ0n) is 12.1. The number of H-pyrrole nitrogens is 1. The Hall–Kier alpha value is -2.97. The quantitative estimate of drug-likeness (QED) is 0.866. The van der Waals surface area contributed by atoms with Gasteiger partial charge in [-0.25, -0.2) is 9.59 Å². The number of rotatable bonds is 4. The molecule has 2 N–H and O–H groups in total. The minimum absolute atomic E-state index is 0.0709. The molecule has 1 saturated heterocycles. The van der Waals surface area contributed by atoms with Gasteiger partial charge in [-0.05, 0) is 18.4 Å². The first-order chi connectivity index (χ1) is 11.2. The van der Waals surface area contributed by atoms with Gasteiger partial charge in [0.1, 0.15) is 12.6 Å². The molecule has 1 amide bonds. The van der Waals surface area contributed by atoms with Crippen LogP contribution in [0.1, 0.15) is 30.3 Å². The number of carboxylic acid groups (broad SMARTS) is 1. The molecular weight excluding hydrogens is 302 g/mol. The highest BCUT2D eigenvalue weighted by Crippen LogP contribution is 2.35. The molecule has 0 radical (unpaired) electrons. The summed E-state index contributed by atoms with van der Waals surface area (Å²) in [5.74, 6) is -0.793. The van der Waals surface area contributed by atoms with Crippen molar-refractivity contribution in [1.29, 1.82) is 0 Å². The van der Waals surface area contributed by atoms with Gasteiger partial charge in [-0.3, -0.25) is 4.90 Å². The first kappa shape index (κ1) is 14.9. The third-order valence-electron chi connectivity index (χ3n) is 3.75. The number of tetrazole rings is 1. The summed E-state index contributed by atoms with van der Waals surface area (Å²) in [4.78, 5) is 25.0. The van der Waals surface area contributed by atoms with Gasteiger partial charge in [0.15, 0.2) is 5.82 Å². The van der Waals surface area contributed by atoms with Crippen LogP contribution in [-0.4, -0.2) is 48.7 Å². The Morgan fingerprint density at radius 1 is 1.30 bits per heavy atom. The monoisotopic (exact) mass is 317 g/mol. The summed E-state index contributed by atoms with van der Waals surface area (Å²) in [6, 6.07) is 7.66. The molecule has 23 heavy (non-hydrogen) atoms. The molecule has 0 spiro atoms. The number of aromatic nitrogens is 4. The van der Waals surface area contributed by atoms with Crippen LogP contribution in [0.25, 0.3) is 0 Å². The van der Waals surface area contributed by atoms with Crippen molar-refractivity contribution in [1.82, 2.24) is 25.5 Å². The van der Waals surface area contributed by atoms with Gasteiger partial charge in [0, 0.05) is 0 Å². The first-order valence-electron chi connectivity index (χ1n) is 7.12. The predicted octanol–water partition coefficient (Wildman–Crippen LogP) is 1.13. The third-order valence-corrected chi connectivity index (χ3v) is 3.75. The second-order valence-electron chi connectivity index (χ2n) is 5.16. The van der Waals surface area contributed by atoms with Crippen LogP contribution in [0.5, 0.6) is 0 Å². The van der Waals surface area contributed by atoms with Crippen LogP contribution >= 0.6 is 0 Å². The Balaban J connectivity index is 1.74. The molecule has 0 bridgehead atoms. The van der Waals surface area contributed by atoms with Crippen molar-refractivity contribution in [2.24, 2.45) is 0 Å². The lowest BCUT2D eigenvalue weighted by Gasteiger charge is -2.25. The molecule has 1 aromatic carbocycles. The van der Waals surface area contributed by atoms with Crippen molar-refractivity contribution >= 4 is 12.1 Å². The largest absolute Gasteiger partial charge is 0.480 e. The molecule has 1 aliphatic rings. The summed E-state index contributed by atoms with van der Waals surface area (Å²) in [6.45, 7) is 0.0709. The second-order valence-corrected chi connectivity index (χ2v) is 5.16. The van der Waals surface area contributed by atoms with Crippen molar-refractivity contribution in [3.63, 3.8) is 0 Å². The third kappa shape index (κ3) is 3.12. The van der Waals surface area contributed by atoms with Gasteiger partial charge in [-0.2, -0.15) is 5.21 Å². The fourth-order valence-corrected chi connectivity index (χ4v) is 2.67. The minimum atomic E-state index is -1.08. The number of nitrogens with one attached hydrogen (secondary N) is 1. The number of amides is 1. The van der Waals surface area contributed by atoms with Crippen molar-refractivity contribution in [2.45, 2.75) is 31.5 Å². The number of nitrogens with zero attached hydrogens (tertiary/aromatic N) is 4. The SMILES string of the molecule is O=C(O)[C@H]1CC[C@@H](c2nn[nH]n2)N1C(=O)OCc1ccccc1. The van der Waals surface area contributed by atoms with Crippen molar-refractivity contribution in [3.05, 3.63) is 41.7 Å². The van der Waals surface area contributed by atoms with Gasteiger partial charge < -0.3 is 9.84 Å². The molecule has 3 rings (SSSR count). The van der Waals surface area contributed by atoms with Crippen LogP contribution in [0.3, 0.4) is 0 Å². The molecule has 9 heteroatoms. The second kappa shape index (κ2) is 6.42. The van der Waals surface area contributed by atoms with Crippen LogP contribution in [0.2, 0.25) is 0 Å². The average molecular weight is 317 g/mol. The van der Waals surface area contributed by atoms with E-state index in [0.29, 0.717) is 12.8 Å². The molecule has 9 nitrogen and oxygen atoms in total. The maximum Gasteiger partial charge on any atom is 0.411 e. The predicted molar refractivity (Wildman–Crippen MR) is 76.0 cm³/mol. The number of benzene rings is 1. The fourth-order valence-electron chi connectivity index (χ4n) is 2.67. The lowest BCUT2D eigenvalue weighted by molar-refractivity contribution is -0.142. The van der Waals surface area contributed by atoms with E-state index in [4.69, 9.17) is 4.74 Å². The van der Waals surface area contributed by atoms with Gasteiger partial charge in [0.2, 0.25) is 0 Å². The standard InChI is InChI=1S/C14H15N5O4/c20-13(21)11-7-6-10(12-15-17-18-16-12)19(11)14(22)23-8-9-4-2-1-3-5-9/h1-5,10-11H,6-8H2,(H,20,21)(H,15,16,17,18)/t10-,11+/m0/s1. The van der Waals surface area contributed by atoms with Crippen molar-refractivity contribution in [3.8, 4) is 0 Å². The number of hydrogen-bond acceptors (Lipinski definition) is 6. The lowest BCUT2D eigenvalue weighted by atomic mass is 10.2. The van der Waals surface area contributed by atoms with E-state index in [9.17, 15) is 14.7 Å². The topological polar surface area (TPSA) is 121 Å². The van der Waals surface area contributed by atoms with Gasteiger partial charge in [-0.15, -0.1) is 10.2 Å². The van der Waals surface area contributed by atoms with E-state index in [0.717, 1.165) is 5.56 Å². The highest BCUT2D eigenvalue weighted by atomic mass is 16.6. The average Bonchev–Trinajstić information content (AvgIpc) is 3.22. The van der Waals surface area contributed by atoms with Crippen LogP contribution in [0, 0.1) is 0 Å². The number of aliphatic carboxylic acids is 1. The highest BCUT2D eigenvalue weighted by molar-refractivity contribution is 5.81. The van der Waals surface area contributed by atoms with E-state index in [1.807, 2.05) is 30.3 Å². The van der Waals surface area contributed by atoms with Crippen molar-refractivity contribution < 1.29 is 19.4 Å². The van der Waals surface area contributed by atoms with E-state index < -0.39 is 24.1 Å². The Morgan fingerprint density at radius 2 is 2.09 bits per heavy atom. The van der Waals surface area contributed by atoms with Gasteiger partial charge in [0.25, 0.3) is 0 Å². The lowest BCUT2D eigenvalue weighted by Crippen LogP contribution is -2.42. The molecule has 2 aromatic rings. The Kier molecular flexibility index (Phi) is 4.18. The van der Waals surface area contributed by atoms with E-state index in [1.54, 1.807) is 0 Å². The molecule has 0 aliphatic carbocycles. The van der Waals surface area contributed by atoms with E-state index in [-0.39, 0.29) is 12.4 Å². The number of carboxylic acids is 1. The van der Waals surface area contributed by atoms with Crippen LogP contribution in [0.15, 0.2) is 30.3 Å². The van der Waals surface area contributed by atoms with Gasteiger partial charge in [0.05, 0.1) is 6.04 Å². The summed E-state index contributed by atoms with van der Waals surface area (Å²) in [5, 5.41) is 22.8. The summed E-state index contributed by atoms with van der Waals surface area (Å²) < 4.78 is 5.26. The van der Waals surface area contributed by atoms with Crippen LogP contribution in [0.4, 0.5) is 4.79 Å². The molecular formula is C14H15N5O4. The van der Waals surface area contributed by atoms with Crippen LogP contribution in [-0.2, 0) is 16.1 Å². The first-order valence-corrected chi connectivity index (χ1v) is 7.12. The maximum atomic E-state index is 12.4. The van der Waals surface area contributed by atoms with E-state index in [1.165, 1.54) is 4.90 Å². The molecule has 2 heterocycles. The summed E-state index contributed by atoms with van der Waals surface area (Å²) in [5.41, 5.74) is 0.822. The summed E-state index contributed by atoms with van der Waals surface area (Å²) in [6.07, 6.45) is 0.0555. The van der Waals surface area contributed by atoms with E-state index in [2.05, 4.69) is 20.6 Å². The molecule has 0 saturated carbocycles. The Morgan fingerprint density at radius 3 is 2.74 bits per heavy atom. The number of likely N-dealkylation sites (tertiary alicyclic amines) is 1. The Labute approximate surface area is 131 Å². The summed E-state index contributed by atoms with van der Waals surface area (Å²) in [7, 11) is 0. The molecule has 120 valence electrons. The van der Waals surface area contributed by atoms with Crippen molar-refractivity contribution in [2.75, 3.05) is 0 Å². The van der Waals surface area contributed by atoms with E-state index >= 15 is 0 Å². The number of ether oxygens (including phenoxy) is 1. The zero-order valence-corrected chi connectivity index (χ0v) is 12.1. The zero-order chi connectivity index (χ0) is 16.2. The molecule has 2 atom stereocenters. The molecule has 1 aliphatic heterocycles. The van der Waals surface area contributed by atoms with Crippen LogP contribution < -0.4 is 0 Å². The molecule has 1 aromatic heterocycles. The Bertz CT molecular complexity index is 676. The number of aromatic amines is 1. The van der Waals surface area contributed by atoms with Gasteiger partial charge >= 0.3 is 12.1 Å². The van der Waals surface area contributed by atoms with Gasteiger partial charge in [-0.1, -0.05) is 35.5 Å². The normalized spacial score (nSPS) is 20.4. The fraction of sp³-hybridized carbons (Fsp3) is 0.357. The number of hydrogen-bond donors (Lipinski definition) is 2. The smallest absolute Gasteiger partial charge is 0.411 e. The number of carbonyl (C=O) groups excluding carboxylic acids is 1. The molecule has 1 fully saturated rings. The molecule has 0 unspecified atom stereocenters. The summed E-state index contributed by atoms with van der Waals surface area (Å²) >= 11 is 0. The number of carbonyl (C=O) groups is 2. The maximum absolute atomic E-state index is 12.4.